The number of nitrogens with one attached hydrogen (secondary N) is 1. The Balaban J connectivity index is 1.69. The van der Waals surface area contributed by atoms with Gasteiger partial charge in [0.25, 0.3) is 5.91 Å². The van der Waals surface area contributed by atoms with Crippen LogP contribution in [0.15, 0.2) is 48.5 Å². The fraction of sp³-hybridized carbons (Fsp3) is 0.263. The lowest BCUT2D eigenvalue weighted by Gasteiger charge is -2.13. The highest BCUT2D eigenvalue weighted by molar-refractivity contribution is 5.94. The van der Waals surface area contributed by atoms with E-state index in [-0.39, 0.29) is 19.1 Å². The molecule has 0 heterocycles. The zero-order chi connectivity index (χ0) is 18.1. The second-order valence-corrected chi connectivity index (χ2v) is 5.42. The average Bonchev–Trinajstić information content (AvgIpc) is 2.66. The van der Waals surface area contributed by atoms with Crippen LogP contribution in [0, 0.1) is 11.3 Å². The van der Waals surface area contributed by atoms with Crippen molar-refractivity contribution in [1.82, 2.24) is 5.32 Å². The molecular weight excluding hydrogens is 320 g/mol. The number of aliphatic hydroxyl groups is 1. The van der Waals surface area contributed by atoms with Crippen LogP contribution in [0.1, 0.15) is 21.5 Å². The van der Waals surface area contributed by atoms with E-state index in [0.29, 0.717) is 17.7 Å². The number of hydrogen-bond acceptors (Lipinski definition) is 5. The van der Waals surface area contributed by atoms with Crippen molar-refractivity contribution in [2.75, 3.05) is 20.3 Å². The number of hydrogen-bond donors (Lipinski definition) is 2. The zero-order valence-electron chi connectivity index (χ0n) is 13.9. The third-order valence-corrected chi connectivity index (χ3v) is 3.51. The van der Waals surface area contributed by atoms with Crippen molar-refractivity contribution < 1.29 is 19.4 Å². The lowest BCUT2D eigenvalue weighted by Crippen LogP contribution is -2.34. The van der Waals surface area contributed by atoms with Gasteiger partial charge in [-0.2, -0.15) is 5.26 Å². The van der Waals surface area contributed by atoms with E-state index in [9.17, 15) is 9.90 Å². The van der Waals surface area contributed by atoms with E-state index < -0.39 is 6.10 Å². The van der Waals surface area contributed by atoms with Gasteiger partial charge in [-0.1, -0.05) is 12.1 Å². The van der Waals surface area contributed by atoms with Crippen molar-refractivity contribution >= 4 is 5.91 Å². The van der Waals surface area contributed by atoms with E-state index in [0.717, 1.165) is 11.3 Å². The van der Waals surface area contributed by atoms with Gasteiger partial charge in [0.05, 0.1) is 38.1 Å². The number of ether oxygens (including phenoxy) is 2. The number of aliphatic hydroxyl groups excluding tert-OH is 1. The number of amides is 1. The summed E-state index contributed by atoms with van der Waals surface area (Å²) in [7, 11) is 1.61. The van der Waals surface area contributed by atoms with Crippen LogP contribution in [0.5, 0.6) is 5.75 Å². The van der Waals surface area contributed by atoms with Crippen LogP contribution < -0.4 is 10.1 Å². The van der Waals surface area contributed by atoms with Crippen molar-refractivity contribution in [2.45, 2.75) is 12.7 Å². The Morgan fingerprint density at radius 3 is 2.48 bits per heavy atom. The SMILES string of the molecule is COc1ccc(COCC(O)CNC(=O)c2ccc(C#N)cc2)cc1. The molecule has 0 aliphatic carbocycles. The van der Waals surface area contributed by atoms with Crippen molar-refractivity contribution in [2.24, 2.45) is 0 Å². The second kappa shape index (κ2) is 9.42. The number of rotatable bonds is 8. The van der Waals surface area contributed by atoms with Crippen LogP contribution in [0.25, 0.3) is 0 Å². The molecule has 130 valence electrons. The summed E-state index contributed by atoms with van der Waals surface area (Å²) in [6, 6.07) is 15.7. The molecule has 2 aromatic carbocycles. The van der Waals surface area contributed by atoms with Gasteiger partial charge in [-0.3, -0.25) is 4.79 Å². The minimum Gasteiger partial charge on any atom is -0.497 e. The standard InChI is InChI=1S/C19H20N2O4/c1-24-18-8-4-15(5-9-18)12-25-13-17(22)11-21-19(23)16-6-2-14(10-20)3-7-16/h2-9,17,22H,11-13H2,1H3,(H,21,23). The fourth-order valence-corrected chi connectivity index (χ4v) is 2.10. The molecule has 0 saturated heterocycles. The Labute approximate surface area is 146 Å². The van der Waals surface area contributed by atoms with E-state index >= 15 is 0 Å². The summed E-state index contributed by atoms with van der Waals surface area (Å²) in [5, 5.41) is 21.2. The Bertz CT molecular complexity index is 721. The van der Waals surface area contributed by atoms with E-state index in [1.165, 1.54) is 0 Å². The molecule has 0 fully saturated rings. The maximum Gasteiger partial charge on any atom is 0.251 e. The predicted octanol–water partition coefficient (Wildman–Crippen LogP) is 1.87. The molecule has 0 aliphatic rings. The quantitative estimate of drug-likeness (QED) is 0.765. The molecule has 2 aromatic rings. The lowest BCUT2D eigenvalue weighted by atomic mass is 10.1. The Hall–Kier alpha value is -2.88. The van der Waals surface area contributed by atoms with Crippen molar-refractivity contribution in [3.8, 4) is 11.8 Å². The number of carbonyl (C=O) groups is 1. The molecule has 6 nitrogen and oxygen atoms in total. The number of benzene rings is 2. The predicted molar refractivity (Wildman–Crippen MR) is 92.1 cm³/mol. The fourth-order valence-electron chi connectivity index (χ4n) is 2.10. The molecule has 6 heteroatoms. The van der Waals surface area contributed by atoms with Gasteiger partial charge in [-0.05, 0) is 42.0 Å². The molecule has 2 N–H and O–H groups in total. The number of nitriles is 1. The Morgan fingerprint density at radius 2 is 1.88 bits per heavy atom. The topological polar surface area (TPSA) is 91.6 Å². The molecular formula is C19H20N2O4. The van der Waals surface area contributed by atoms with Gasteiger partial charge in [0.15, 0.2) is 0 Å². The summed E-state index contributed by atoms with van der Waals surface area (Å²) in [6.07, 6.45) is -0.805. The van der Waals surface area contributed by atoms with E-state index in [1.807, 2.05) is 30.3 Å². The summed E-state index contributed by atoms with van der Waals surface area (Å²) in [4.78, 5) is 11.9. The summed E-state index contributed by atoms with van der Waals surface area (Å²) >= 11 is 0. The third-order valence-electron chi connectivity index (χ3n) is 3.51. The summed E-state index contributed by atoms with van der Waals surface area (Å²) in [5.41, 5.74) is 1.89. The van der Waals surface area contributed by atoms with Crippen LogP contribution in [-0.4, -0.2) is 37.4 Å². The molecule has 0 aliphatic heterocycles. The highest BCUT2D eigenvalue weighted by Crippen LogP contribution is 2.12. The number of carbonyl (C=O) groups excluding carboxylic acids is 1. The van der Waals surface area contributed by atoms with Gasteiger partial charge in [-0.25, -0.2) is 0 Å². The maximum absolute atomic E-state index is 11.9. The molecule has 2 rings (SSSR count). The normalized spacial score (nSPS) is 11.4. The van der Waals surface area contributed by atoms with E-state index in [1.54, 1.807) is 31.4 Å². The Kier molecular flexibility index (Phi) is 6.96. The third kappa shape index (κ3) is 5.92. The highest BCUT2D eigenvalue weighted by atomic mass is 16.5. The Morgan fingerprint density at radius 1 is 1.20 bits per heavy atom. The van der Waals surface area contributed by atoms with Gasteiger partial charge in [0.2, 0.25) is 0 Å². The molecule has 0 aromatic heterocycles. The largest absolute Gasteiger partial charge is 0.497 e. The molecule has 0 bridgehead atoms. The number of methoxy groups -OCH3 is 1. The van der Waals surface area contributed by atoms with Gasteiger partial charge in [0, 0.05) is 12.1 Å². The highest BCUT2D eigenvalue weighted by Gasteiger charge is 2.09. The van der Waals surface area contributed by atoms with Crippen LogP contribution in [0.3, 0.4) is 0 Å². The minimum atomic E-state index is -0.805. The maximum atomic E-state index is 11.9. The van der Waals surface area contributed by atoms with Gasteiger partial charge < -0.3 is 19.9 Å². The van der Waals surface area contributed by atoms with Crippen molar-refractivity contribution in [1.29, 1.82) is 5.26 Å². The van der Waals surface area contributed by atoms with Crippen molar-refractivity contribution in [3.63, 3.8) is 0 Å². The molecule has 0 spiro atoms. The summed E-state index contributed by atoms with van der Waals surface area (Å²) in [5.74, 6) is 0.466. The summed E-state index contributed by atoms with van der Waals surface area (Å²) < 4.78 is 10.5. The van der Waals surface area contributed by atoms with Gasteiger partial charge >= 0.3 is 0 Å². The first-order valence-corrected chi connectivity index (χ1v) is 7.79. The first-order chi connectivity index (χ1) is 12.1. The molecule has 1 amide bonds. The average molecular weight is 340 g/mol. The smallest absolute Gasteiger partial charge is 0.251 e. The minimum absolute atomic E-state index is 0.0848. The molecule has 1 atom stereocenters. The van der Waals surface area contributed by atoms with E-state index in [4.69, 9.17) is 14.7 Å². The first kappa shape index (κ1) is 18.5. The monoisotopic (exact) mass is 340 g/mol. The molecule has 25 heavy (non-hydrogen) atoms. The van der Waals surface area contributed by atoms with Crippen LogP contribution in [-0.2, 0) is 11.3 Å². The van der Waals surface area contributed by atoms with Crippen LogP contribution in [0.2, 0.25) is 0 Å². The zero-order valence-corrected chi connectivity index (χ0v) is 13.9. The van der Waals surface area contributed by atoms with Gasteiger partial charge in [0.1, 0.15) is 5.75 Å². The molecule has 0 radical (unpaired) electrons. The van der Waals surface area contributed by atoms with E-state index in [2.05, 4.69) is 5.32 Å². The van der Waals surface area contributed by atoms with Crippen LogP contribution >= 0.6 is 0 Å². The molecule has 1 unspecified atom stereocenters. The van der Waals surface area contributed by atoms with Crippen molar-refractivity contribution in [3.05, 3.63) is 65.2 Å². The first-order valence-electron chi connectivity index (χ1n) is 7.79. The summed E-state index contributed by atoms with van der Waals surface area (Å²) in [6.45, 7) is 0.561. The second-order valence-electron chi connectivity index (χ2n) is 5.42. The number of nitrogens with zero attached hydrogens (tertiary/aromatic N) is 1. The van der Waals surface area contributed by atoms with Gasteiger partial charge in [-0.15, -0.1) is 0 Å². The molecule has 0 saturated carbocycles. The lowest BCUT2D eigenvalue weighted by molar-refractivity contribution is 0.0285. The van der Waals surface area contributed by atoms with Crippen LogP contribution in [0.4, 0.5) is 0 Å².